The van der Waals surface area contributed by atoms with Gasteiger partial charge in [-0.1, -0.05) is 0 Å². The molecule has 1 atom stereocenters. The van der Waals surface area contributed by atoms with E-state index in [1.165, 1.54) is 49.4 Å². The zero-order valence-electron chi connectivity index (χ0n) is 13.5. The number of aromatic nitrogens is 1. The molecule has 2 rings (SSSR count). The lowest BCUT2D eigenvalue weighted by molar-refractivity contribution is -0.608. The molecule has 0 aliphatic heterocycles. The molecule has 0 aliphatic carbocycles. The molecule has 1 heterocycles. The second-order valence-corrected chi connectivity index (χ2v) is 7.02. The van der Waals surface area contributed by atoms with Gasteiger partial charge in [0.05, 0.1) is 6.26 Å². The maximum absolute atomic E-state index is 12.3. The summed E-state index contributed by atoms with van der Waals surface area (Å²) in [7, 11) is -3.41. The summed E-state index contributed by atoms with van der Waals surface area (Å²) in [5.41, 5.74) is 0.317. The van der Waals surface area contributed by atoms with Gasteiger partial charge in [0.2, 0.25) is 15.8 Å². The van der Waals surface area contributed by atoms with E-state index >= 15 is 0 Å². The van der Waals surface area contributed by atoms with Gasteiger partial charge in [-0.05, 0) is 37.3 Å². The highest BCUT2D eigenvalue weighted by molar-refractivity contribution is 7.92. The van der Waals surface area contributed by atoms with Crippen LogP contribution in [0.5, 0.6) is 0 Å². The van der Waals surface area contributed by atoms with Gasteiger partial charge in [-0.2, -0.15) is 4.73 Å². The average molecular weight is 364 g/mol. The summed E-state index contributed by atoms with van der Waals surface area (Å²) < 4.78 is 29.9. The minimum atomic E-state index is -3.41. The van der Waals surface area contributed by atoms with Crippen molar-refractivity contribution in [2.75, 3.05) is 11.0 Å². The summed E-state index contributed by atoms with van der Waals surface area (Å²) in [6, 6.07) is 9.93. The Hall–Kier alpha value is -2.94. The highest BCUT2D eigenvalue weighted by Gasteiger charge is 2.24. The van der Waals surface area contributed by atoms with Gasteiger partial charge in [-0.3, -0.25) is 9.52 Å². The highest BCUT2D eigenvalue weighted by atomic mass is 32.2. The molecule has 0 aliphatic rings. The molecule has 1 aromatic heterocycles. The SMILES string of the molecule is C[C@@H](OC(=O)c1cccc[n+]1[O-])C(=O)c1ccc(NS(C)(=O)=O)cc1. The van der Waals surface area contributed by atoms with Crippen LogP contribution in [0.2, 0.25) is 0 Å². The average Bonchev–Trinajstić information content (AvgIpc) is 2.53. The van der Waals surface area contributed by atoms with E-state index in [1.54, 1.807) is 0 Å². The van der Waals surface area contributed by atoms with Gasteiger partial charge in [-0.25, -0.2) is 13.2 Å². The Kier molecular flexibility index (Phi) is 5.38. The number of hydrogen-bond acceptors (Lipinski definition) is 6. The van der Waals surface area contributed by atoms with E-state index in [-0.39, 0.29) is 11.3 Å². The zero-order valence-corrected chi connectivity index (χ0v) is 14.3. The topological polar surface area (TPSA) is 116 Å². The van der Waals surface area contributed by atoms with Crippen LogP contribution in [-0.2, 0) is 14.8 Å². The van der Waals surface area contributed by atoms with Crippen molar-refractivity contribution >= 4 is 27.5 Å². The third kappa shape index (κ3) is 5.01. The maximum Gasteiger partial charge on any atom is 0.405 e. The largest absolute Gasteiger partial charge is 0.618 e. The van der Waals surface area contributed by atoms with E-state index < -0.39 is 27.9 Å². The number of anilines is 1. The van der Waals surface area contributed by atoms with Crippen molar-refractivity contribution in [2.24, 2.45) is 0 Å². The van der Waals surface area contributed by atoms with Crippen LogP contribution < -0.4 is 9.45 Å². The van der Waals surface area contributed by atoms with Crippen LogP contribution in [0.25, 0.3) is 0 Å². The lowest BCUT2D eigenvalue weighted by Crippen LogP contribution is -2.36. The number of nitrogens with zero attached hydrogens (tertiary/aromatic N) is 1. The van der Waals surface area contributed by atoms with Crippen LogP contribution in [0, 0.1) is 5.21 Å². The van der Waals surface area contributed by atoms with Gasteiger partial charge in [0, 0.05) is 23.4 Å². The number of pyridine rings is 1. The molecule has 0 unspecified atom stereocenters. The molecule has 25 heavy (non-hydrogen) atoms. The molecule has 0 amide bonds. The van der Waals surface area contributed by atoms with Gasteiger partial charge in [0.15, 0.2) is 12.3 Å². The third-order valence-corrected chi connectivity index (χ3v) is 3.77. The molecular weight excluding hydrogens is 348 g/mol. The quantitative estimate of drug-likeness (QED) is 0.355. The molecule has 0 saturated carbocycles. The molecule has 1 aromatic carbocycles. The molecule has 0 saturated heterocycles. The minimum Gasteiger partial charge on any atom is -0.618 e. The monoisotopic (exact) mass is 364 g/mol. The fourth-order valence-electron chi connectivity index (χ4n) is 2.01. The fraction of sp³-hybridized carbons (Fsp3) is 0.188. The molecule has 0 bridgehead atoms. The Morgan fingerprint density at radius 2 is 1.80 bits per heavy atom. The molecular formula is C16H16N2O6S. The summed E-state index contributed by atoms with van der Waals surface area (Å²) in [4.78, 5) is 24.2. The number of ketones is 1. The van der Waals surface area contributed by atoms with E-state index in [4.69, 9.17) is 4.74 Å². The van der Waals surface area contributed by atoms with Crippen molar-refractivity contribution in [3.8, 4) is 0 Å². The van der Waals surface area contributed by atoms with Gasteiger partial charge in [-0.15, -0.1) is 0 Å². The predicted octanol–water partition coefficient (Wildman–Crippen LogP) is 1.12. The van der Waals surface area contributed by atoms with Crippen molar-refractivity contribution in [3.05, 3.63) is 65.1 Å². The summed E-state index contributed by atoms with van der Waals surface area (Å²) in [6.45, 7) is 1.39. The van der Waals surface area contributed by atoms with E-state index in [9.17, 15) is 23.2 Å². The first-order valence-electron chi connectivity index (χ1n) is 7.18. The van der Waals surface area contributed by atoms with Gasteiger partial charge in [0.1, 0.15) is 0 Å². The van der Waals surface area contributed by atoms with Crippen molar-refractivity contribution < 1.29 is 27.5 Å². The number of rotatable bonds is 6. The summed E-state index contributed by atoms with van der Waals surface area (Å²) >= 11 is 0. The second kappa shape index (κ2) is 7.31. The number of Topliss-reactive ketones (excluding diaryl/α,β-unsaturated/α-hetero) is 1. The van der Waals surface area contributed by atoms with Crippen LogP contribution in [0.1, 0.15) is 27.8 Å². The Balaban J connectivity index is 2.07. The minimum absolute atomic E-state index is 0.227. The van der Waals surface area contributed by atoms with Crippen molar-refractivity contribution in [1.29, 1.82) is 0 Å². The first-order chi connectivity index (χ1) is 11.7. The first kappa shape index (κ1) is 18.4. The lowest BCUT2D eigenvalue weighted by Gasteiger charge is -2.12. The number of hydrogen-bond donors (Lipinski definition) is 1. The highest BCUT2D eigenvalue weighted by Crippen LogP contribution is 2.14. The van der Waals surface area contributed by atoms with E-state index in [0.717, 1.165) is 12.5 Å². The van der Waals surface area contributed by atoms with Crippen LogP contribution in [0.3, 0.4) is 0 Å². The van der Waals surface area contributed by atoms with Crippen LogP contribution in [0.15, 0.2) is 48.7 Å². The number of esters is 1. The van der Waals surface area contributed by atoms with Gasteiger partial charge in [0.25, 0.3) is 0 Å². The van der Waals surface area contributed by atoms with Crippen molar-refractivity contribution in [1.82, 2.24) is 0 Å². The zero-order chi connectivity index (χ0) is 18.6. The Morgan fingerprint density at radius 1 is 1.16 bits per heavy atom. The number of carbonyl (C=O) groups is 2. The van der Waals surface area contributed by atoms with Crippen molar-refractivity contribution in [3.63, 3.8) is 0 Å². The number of nitrogens with one attached hydrogen (secondary N) is 1. The molecule has 0 spiro atoms. The number of ether oxygens (including phenoxy) is 1. The number of sulfonamides is 1. The Morgan fingerprint density at radius 3 is 2.36 bits per heavy atom. The number of benzene rings is 1. The molecule has 132 valence electrons. The van der Waals surface area contributed by atoms with E-state index in [1.807, 2.05) is 0 Å². The molecule has 1 N–H and O–H groups in total. The first-order valence-corrected chi connectivity index (χ1v) is 9.08. The molecule has 8 nitrogen and oxygen atoms in total. The van der Waals surface area contributed by atoms with Crippen LogP contribution >= 0.6 is 0 Å². The van der Waals surface area contributed by atoms with E-state index in [2.05, 4.69) is 4.72 Å². The third-order valence-electron chi connectivity index (χ3n) is 3.16. The molecule has 0 radical (unpaired) electrons. The fourth-order valence-corrected chi connectivity index (χ4v) is 2.58. The molecule has 0 fully saturated rings. The standard InChI is InChI=1S/C16H16N2O6S/c1-11(24-16(20)14-5-3-4-10-18(14)21)15(19)12-6-8-13(9-7-12)17-25(2,22)23/h3-11,17H,1-2H3/t11-/m1/s1. The van der Waals surface area contributed by atoms with Gasteiger partial charge >= 0.3 is 11.7 Å². The lowest BCUT2D eigenvalue weighted by atomic mass is 10.1. The second-order valence-electron chi connectivity index (χ2n) is 5.28. The van der Waals surface area contributed by atoms with Crippen LogP contribution in [-0.4, -0.2) is 32.5 Å². The molecule has 9 heteroatoms. The summed E-state index contributed by atoms with van der Waals surface area (Å²) in [6.07, 6.45) is 1.05. The van der Waals surface area contributed by atoms with Crippen LogP contribution in [0.4, 0.5) is 5.69 Å². The van der Waals surface area contributed by atoms with E-state index in [0.29, 0.717) is 10.4 Å². The normalized spacial score (nSPS) is 12.2. The maximum atomic E-state index is 12.3. The summed E-state index contributed by atoms with van der Waals surface area (Å²) in [5, 5.41) is 11.5. The Bertz CT molecular complexity index is 893. The smallest absolute Gasteiger partial charge is 0.405 e. The van der Waals surface area contributed by atoms with Gasteiger partial charge < -0.3 is 9.94 Å². The summed E-state index contributed by atoms with van der Waals surface area (Å²) in [5.74, 6) is -1.39. The predicted molar refractivity (Wildman–Crippen MR) is 89.5 cm³/mol. The number of carbonyl (C=O) groups excluding carboxylic acids is 2. The molecule has 2 aromatic rings. The Labute approximate surface area is 144 Å². The van der Waals surface area contributed by atoms with Crippen molar-refractivity contribution in [2.45, 2.75) is 13.0 Å².